The number of aliphatic imine (C=N–C) groups is 1. The van der Waals surface area contributed by atoms with Gasteiger partial charge in [0.2, 0.25) is 0 Å². The molecule has 0 unspecified atom stereocenters. The van der Waals surface area contributed by atoms with Gasteiger partial charge in [0.05, 0.1) is 17.6 Å². The Labute approximate surface area is 191 Å². The highest BCUT2D eigenvalue weighted by molar-refractivity contribution is 8.18. The smallest absolute Gasteiger partial charge is 0.266 e. The minimum atomic E-state index is 0.145. The van der Waals surface area contributed by atoms with Gasteiger partial charge in [-0.25, -0.2) is 0 Å². The molecular formula is C26H36N2O2S. The highest BCUT2D eigenvalue weighted by atomic mass is 32.2. The van der Waals surface area contributed by atoms with Crippen molar-refractivity contribution in [3.8, 4) is 5.75 Å². The Hall–Kier alpha value is -1.75. The first kappa shape index (κ1) is 22.4. The van der Waals surface area contributed by atoms with Gasteiger partial charge < -0.3 is 4.74 Å². The third-order valence-electron chi connectivity index (χ3n) is 6.41. The van der Waals surface area contributed by atoms with Gasteiger partial charge in [-0.3, -0.25) is 14.7 Å². The van der Waals surface area contributed by atoms with Gasteiger partial charge in [-0.05, 0) is 67.1 Å². The molecule has 0 spiro atoms. The Morgan fingerprint density at radius 1 is 1.03 bits per heavy atom. The van der Waals surface area contributed by atoms with Gasteiger partial charge in [0.25, 0.3) is 5.91 Å². The van der Waals surface area contributed by atoms with Crippen molar-refractivity contribution < 1.29 is 9.53 Å². The lowest BCUT2D eigenvalue weighted by Crippen LogP contribution is -2.41. The van der Waals surface area contributed by atoms with Gasteiger partial charge in [-0.15, -0.1) is 0 Å². The van der Waals surface area contributed by atoms with Gasteiger partial charge in [0.15, 0.2) is 5.17 Å². The zero-order chi connectivity index (χ0) is 21.6. The number of amides is 1. The average Bonchev–Trinajstić information content (AvgIpc) is 3.09. The van der Waals surface area contributed by atoms with Crippen LogP contribution >= 0.6 is 11.8 Å². The van der Waals surface area contributed by atoms with Crippen molar-refractivity contribution in [2.75, 3.05) is 6.61 Å². The third-order valence-corrected chi connectivity index (χ3v) is 7.40. The first-order valence-corrected chi connectivity index (χ1v) is 13.0. The molecular weight excluding hydrogens is 404 g/mol. The van der Waals surface area contributed by atoms with E-state index in [9.17, 15) is 4.79 Å². The molecule has 0 atom stereocenters. The van der Waals surface area contributed by atoms with Crippen LogP contribution in [0.25, 0.3) is 6.08 Å². The maximum absolute atomic E-state index is 13.4. The highest BCUT2D eigenvalue weighted by Gasteiger charge is 2.39. The Bertz CT molecular complexity index is 803. The van der Waals surface area contributed by atoms with Crippen LogP contribution in [0, 0.1) is 5.92 Å². The lowest BCUT2D eigenvalue weighted by Gasteiger charge is -2.31. The molecule has 31 heavy (non-hydrogen) atoms. The summed E-state index contributed by atoms with van der Waals surface area (Å²) in [5.74, 6) is 1.53. The van der Waals surface area contributed by atoms with E-state index in [-0.39, 0.29) is 5.91 Å². The second-order valence-corrected chi connectivity index (χ2v) is 10.6. The molecule has 1 saturated heterocycles. The first-order valence-electron chi connectivity index (χ1n) is 12.1. The van der Waals surface area contributed by atoms with Crippen LogP contribution < -0.4 is 4.74 Å². The van der Waals surface area contributed by atoms with Crippen LogP contribution in [0.5, 0.6) is 5.75 Å². The van der Waals surface area contributed by atoms with Gasteiger partial charge in [-0.1, -0.05) is 64.5 Å². The van der Waals surface area contributed by atoms with E-state index in [0.29, 0.717) is 24.6 Å². The number of carbonyl (C=O) groups excluding carboxylic acids is 1. The minimum Gasteiger partial charge on any atom is -0.493 e. The molecule has 2 aliphatic carbocycles. The van der Waals surface area contributed by atoms with Crippen LogP contribution in [-0.2, 0) is 4.79 Å². The third kappa shape index (κ3) is 5.94. The molecule has 1 amide bonds. The molecule has 0 bridgehead atoms. The van der Waals surface area contributed by atoms with Crippen molar-refractivity contribution in [2.45, 2.75) is 90.1 Å². The van der Waals surface area contributed by atoms with E-state index in [2.05, 4.69) is 13.8 Å². The van der Waals surface area contributed by atoms with Crippen molar-refractivity contribution in [2.24, 2.45) is 10.9 Å². The molecule has 0 radical (unpaired) electrons. The number of nitrogens with zero attached hydrogens (tertiary/aromatic N) is 2. The summed E-state index contributed by atoms with van der Waals surface area (Å²) in [5, 5.41) is 0.951. The molecule has 3 fully saturated rings. The highest BCUT2D eigenvalue weighted by Crippen LogP contribution is 2.38. The van der Waals surface area contributed by atoms with Crippen molar-refractivity contribution >= 4 is 28.9 Å². The molecule has 0 aromatic heterocycles. The quantitative estimate of drug-likeness (QED) is 0.465. The van der Waals surface area contributed by atoms with Crippen LogP contribution in [0.2, 0.25) is 0 Å². The minimum absolute atomic E-state index is 0.145. The Morgan fingerprint density at radius 3 is 2.32 bits per heavy atom. The molecule has 3 aliphatic rings. The number of hydrogen-bond acceptors (Lipinski definition) is 4. The maximum atomic E-state index is 13.4. The fourth-order valence-electron chi connectivity index (χ4n) is 4.68. The first-order chi connectivity index (χ1) is 15.1. The number of amidine groups is 1. The van der Waals surface area contributed by atoms with E-state index in [4.69, 9.17) is 9.73 Å². The van der Waals surface area contributed by atoms with E-state index in [0.717, 1.165) is 47.1 Å². The van der Waals surface area contributed by atoms with Gasteiger partial charge in [-0.2, -0.15) is 0 Å². The second-order valence-electron chi connectivity index (χ2n) is 9.56. The SMILES string of the molecule is CC(C)COc1ccc(C=C2SC(=NC3CCCCC3)N(C3CCCCC3)C2=O)cc1. The predicted molar refractivity (Wildman–Crippen MR) is 130 cm³/mol. The van der Waals surface area contributed by atoms with E-state index >= 15 is 0 Å². The average molecular weight is 441 g/mol. The normalized spacial score (nSPS) is 24.0. The molecule has 1 aromatic rings. The zero-order valence-electron chi connectivity index (χ0n) is 19.0. The standard InChI is InChI=1S/C26H36N2O2S/c1-19(2)18-30-23-15-13-20(14-16-23)17-24-25(29)28(22-11-7-4-8-12-22)26(31-24)27-21-9-5-3-6-10-21/h13-17,19,21-22H,3-12,18H2,1-2H3. The van der Waals surface area contributed by atoms with E-state index < -0.39 is 0 Å². The molecule has 1 aromatic carbocycles. The summed E-state index contributed by atoms with van der Waals surface area (Å²) in [6, 6.07) is 8.76. The molecule has 2 saturated carbocycles. The summed E-state index contributed by atoms with van der Waals surface area (Å²) in [6.07, 6.45) is 14.1. The maximum Gasteiger partial charge on any atom is 0.266 e. The van der Waals surface area contributed by atoms with Gasteiger partial charge in [0.1, 0.15) is 5.75 Å². The van der Waals surface area contributed by atoms with Crippen LogP contribution in [0.1, 0.15) is 83.6 Å². The van der Waals surface area contributed by atoms with Crippen molar-refractivity contribution in [1.82, 2.24) is 4.90 Å². The number of hydrogen-bond donors (Lipinski definition) is 0. The molecule has 5 heteroatoms. The van der Waals surface area contributed by atoms with E-state index in [1.807, 2.05) is 35.2 Å². The predicted octanol–water partition coefficient (Wildman–Crippen LogP) is 6.66. The van der Waals surface area contributed by atoms with Crippen molar-refractivity contribution in [3.05, 3.63) is 34.7 Å². The fourth-order valence-corrected chi connectivity index (χ4v) is 5.79. The molecule has 4 rings (SSSR count). The molecule has 1 aliphatic heterocycles. The zero-order valence-corrected chi connectivity index (χ0v) is 19.8. The van der Waals surface area contributed by atoms with Crippen LogP contribution in [0.3, 0.4) is 0 Å². The van der Waals surface area contributed by atoms with E-state index in [1.54, 1.807) is 11.8 Å². The lowest BCUT2D eigenvalue weighted by atomic mass is 9.94. The number of benzene rings is 1. The largest absolute Gasteiger partial charge is 0.493 e. The van der Waals surface area contributed by atoms with Crippen LogP contribution in [0.15, 0.2) is 34.2 Å². The summed E-state index contributed by atoms with van der Waals surface area (Å²) in [4.78, 5) is 21.4. The lowest BCUT2D eigenvalue weighted by molar-refractivity contribution is -0.124. The van der Waals surface area contributed by atoms with Crippen LogP contribution in [-0.4, -0.2) is 34.7 Å². The molecule has 4 nitrogen and oxygen atoms in total. The van der Waals surface area contributed by atoms with Gasteiger partial charge in [0, 0.05) is 6.04 Å². The van der Waals surface area contributed by atoms with Crippen LogP contribution in [0.4, 0.5) is 0 Å². The molecule has 1 heterocycles. The summed E-state index contributed by atoms with van der Waals surface area (Å²) < 4.78 is 5.79. The number of rotatable bonds is 6. The molecule has 168 valence electrons. The Kier molecular flexibility index (Phi) is 7.76. The number of thioether (sulfide) groups is 1. The number of ether oxygens (including phenoxy) is 1. The van der Waals surface area contributed by atoms with Gasteiger partial charge >= 0.3 is 0 Å². The summed E-state index contributed by atoms with van der Waals surface area (Å²) in [7, 11) is 0. The topological polar surface area (TPSA) is 41.9 Å². The molecule has 0 N–H and O–H groups in total. The van der Waals surface area contributed by atoms with Crippen molar-refractivity contribution in [1.29, 1.82) is 0 Å². The Balaban J connectivity index is 1.53. The Morgan fingerprint density at radius 2 is 1.68 bits per heavy atom. The summed E-state index contributed by atoms with van der Waals surface area (Å²) in [5.41, 5.74) is 1.04. The number of carbonyl (C=O) groups is 1. The fraction of sp³-hybridized carbons (Fsp3) is 0.615. The van der Waals surface area contributed by atoms with E-state index in [1.165, 1.54) is 38.5 Å². The second kappa shape index (κ2) is 10.7. The summed E-state index contributed by atoms with van der Waals surface area (Å²) in [6.45, 7) is 5.00. The monoisotopic (exact) mass is 440 g/mol. The summed E-state index contributed by atoms with van der Waals surface area (Å²) >= 11 is 1.58. The van der Waals surface area contributed by atoms with Crippen molar-refractivity contribution in [3.63, 3.8) is 0 Å².